The molecule has 0 radical (unpaired) electrons. The first-order chi connectivity index (χ1) is 43.2. The van der Waals surface area contributed by atoms with Crippen molar-refractivity contribution < 1.29 is 167 Å². The Balaban J connectivity index is 1.25. The van der Waals surface area contributed by atoms with E-state index in [9.17, 15) is 110 Å². The zero-order valence-electron chi connectivity index (χ0n) is 49.2. The highest BCUT2D eigenvalue weighted by molar-refractivity contribution is 5.77. The van der Waals surface area contributed by atoms with Gasteiger partial charge in [0.15, 0.2) is 56.1 Å². The lowest BCUT2D eigenvalue weighted by atomic mass is 9.93. The number of carbonyl (C=O) groups excluding carboxylic acids is 3. The van der Waals surface area contributed by atoms with Crippen LogP contribution in [0.1, 0.15) is 65.7 Å². The first-order valence-corrected chi connectivity index (χ1v) is 29.2. The number of aliphatic hydroxyl groups excluding tert-OH is 13. The average molecular weight is 1320 g/mol. The lowest BCUT2D eigenvalue weighted by molar-refractivity contribution is -0.377. The van der Waals surface area contributed by atoms with Crippen LogP contribution in [0, 0.1) is 0 Å². The van der Waals surface area contributed by atoms with Gasteiger partial charge < -0.3 is 154 Å². The van der Waals surface area contributed by atoms with Gasteiger partial charge in [-0.15, -0.1) is 0 Å². The first kappa shape index (κ1) is 75.2. The number of nitrogens with one attached hydrogen (secondary N) is 3. The molecule has 0 spiro atoms. The molecule has 6 aliphatic heterocycles. The molecule has 6 aliphatic rings. The van der Waals surface area contributed by atoms with Gasteiger partial charge in [0.05, 0.1) is 19.8 Å². The van der Waals surface area contributed by atoms with Gasteiger partial charge in [-0.25, -0.2) is 14.4 Å². The number of hydrogen-bond acceptors (Lipinski definition) is 32. The Hall–Kier alpha value is -4.87. The van der Waals surface area contributed by atoms with Crippen LogP contribution in [0.5, 0.6) is 0 Å². The summed E-state index contributed by atoms with van der Waals surface area (Å²) in [6, 6.07) is -5.41. The second-order valence-electron chi connectivity index (χ2n) is 22.0. The molecule has 0 aromatic carbocycles. The van der Waals surface area contributed by atoms with Crippen molar-refractivity contribution in [3.63, 3.8) is 0 Å². The average Bonchev–Trinajstić information content (AvgIpc) is 0.838. The zero-order valence-corrected chi connectivity index (χ0v) is 49.2. The smallest absolute Gasteiger partial charge is 0.335 e. The van der Waals surface area contributed by atoms with E-state index in [2.05, 4.69) is 26.0 Å². The van der Waals surface area contributed by atoms with Crippen molar-refractivity contribution in [1.29, 1.82) is 0 Å². The topological polar surface area (TPSA) is 622 Å². The van der Waals surface area contributed by atoms with Crippen LogP contribution in [0.15, 0.2) is 5.11 Å². The van der Waals surface area contributed by atoms with Crippen molar-refractivity contribution in [2.45, 2.75) is 250 Å². The van der Waals surface area contributed by atoms with Crippen molar-refractivity contribution in [2.24, 2.45) is 5.11 Å². The number of aliphatic carboxylic acids is 3. The highest BCUT2D eigenvalue weighted by Gasteiger charge is 2.60. The number of carbonyl (C=O) groups is 6. The van der Waals surface area contributed by atoms with Crippen LogP contribution in [0.2, 0.25) is 0 Å². The van der Waals surface area contributed by atoms with Crippen molar-refractivity contribution in [2.75, 3.05) is 33.0 Å². The molecule has 6 rings (SSSR count). The standard InChI is InChI=1S/C51H82N6O34/c1-4-19(61)54-22-35(25(64)16(13-58)81-46(22)80-12-10-8-7-9-11-53-57-52)84-50-33(72)30(69)38(41(90-50)44(76)77)88-48-24(56-21(63)6-3)37(27(66)18(15-60)83-48)86-51-34(73)31(70)39(42(91-51)45(78)79)87-47-23(55-20(62)5-2)36(26(65)17(14-59)82-47)85-49-32(71)28(67)29(68)40(89-49)43(74)75/h16-18,22-42,46-51,58-60,64-73H,4-15H2,1-3H3,(H,54,61)(H,55,62)(H,56,63)(H,74,75)(H,76,77)(H,78,79)/t16-,17-,18-,22-,23-,24-,25-,26-,27-,28+,29+,30-,31-,32-,33-,34-,35-,36-,37-,38+,39+,40+,41+,42+,46-,47+,48+,49-,50-,51-/m1/s1. The third-order valence-electron chi connectivity index (χ3n) is 15.8. The molecular formula is C51H82N6O34. The molecule has 0 unspecified atom stereocenters. The number of carboxylic acid groups (broad SMARTS) is 3. The molecule has 91 heavy (non-hydrogen) atoms. The van der Waals surface area contributed by atoms with Gasteiger partial charge in [0.2, 0.25) is 17.7 Å². The summed E-state index contributed by atoms with van der Waals surface area (Å²) in [6.07, 6.45) is -57.2. The minimum Gasteiger partial charge on any atom is -0.479 e. The van der Waals surface area contributed by atoms with Crippen LogP contribution in [-0.2, 0) is 85.6 Å². The molecule has 40 heteroatoms. The van der Waals surface area contributed by atoms with Gasteiger partial charge in [-0.05, 0) is 18.4 Å². The summed E-state index contributed by atoms with van der Waals surface area (Å²) >= 11 is 0. The highest BCUT2D eigenvalue weighted by Crippen LogP contribution is 2.38. The summed E-state index contributed by atoms with van der Waals surface area (Å²) in [5.41, 5.74) is 8.52. The lowest BCUT2D eigenvalue weighted by Gasteiger charge is -2.50. The van der Waals surface area contributed by atoms with E-state index in [1.54, 1.807) is 0 Å². The summed E-state index contributed by atoms with van der Waals surface area (Å²) in [6.45, 7) is 1.26. The maximum Gasteiger partial charge on any atom is 0.335 e. The van der Waals surface area contributed by atoms with Gasteiger partial charge in [-0.2, -0.15) is 0 Å². The molecule has 0 aliphatic carbocycles. The summed E-state index contributed by atoms with van der Waals surface area (Å²) < 4.78 is 69.1. The number of ether oxygens (including phenoxy) is 12. The van der Waals surface area contributed by atoms with E-state index >= 15 is 0 Å². The molecule has 520 valence electrons. The number of carboxylic acids is 3. The first-order valence-electron chi connectivity index (χ1n) is 29.2. The van der Waals surface area contributed by atoms with E-state index in [1.165, 1.54) is 20.8 Å². The molecule has 0 bridgehead atoms. The highest BCUT2D eigenvalue weighted by atomic mass is 16.8. The fourth-order valence-corrected chi connectivity index (χ4v) is 10.8. The second kappa shape index (κ2) is 34.5. The van der Waals surface area contributed by atoms with Gasteiger partial charge in [-0.1, -0.05) is 38.7 Å². The molecule has 0 saturated carbocycles. The Labute approximate surface area is 516 Å². The van der Waals surface area contributed by atoms with Crippen LogP contribution in [-0.4, -0.2) is 334 Å². The number of hydrogen-bond donors (Lipinski definition) is 19. The van der Waals surface area contributed by atoms with Crippen molar-refractivity contribution in [3.05, 3.63) is 10.4 Å². The molecule has 6 heterocycles. The summed E-state index contributed by atoms with van der Waals surface area (Å²) in [5.74, 6) is -8.21. The van der Waals surface area contributed by atoms with Gasteiger partial charge in [-0.3, -0.25) is 14.4 Å². The van der Waals surface area contributed by atoms with E-state index < -0.39 is 239 Å². The van der Waals surface area contributed by atoms with Crippen LogP contribution < -0.4 is 16.0 Å². The van der Waals surface area contributed by atoms with Gasteiger partial charge in [0.1, 0.15) is 128 Å². The number of rotatable bonds is 30. The molecule has 40 nitrogen and oxygen atoms in total. The number of amides is 3. The summed E-state index contributed by atoms with van der Waals surface area (Å²) in [7, 11) is 0. The molecule has 3 amide bonds. The molecule has 0 aromatic rings. The third-order valence-corrected chi connectivity index (χ3v) is 15.8. The number of nitrogens with zero attached hydrogens (tertiary/aromatic N) is 3. The minimum atomic E-state index is -2.53. The van der Waals surface area contributed by atoms with E-state index in [-0.39, 0.29) is 32.4 Å². The van der Waals surface area contributed by atoms with E-state index in [4.69, 9.17) is 62.4 Å². The summed E-state index contributed by atoms with van der Waals surface area (Å²) in [5, 5.41) is 185. The Kier molecular flexibility index (Phi) is 28.5. The Morgan fingerprint density at radius 2 is 0.736 bits per heavy atom. The second-order valence-corrected chi connectivity index (χ2v) is 22.0. The summed E-state index contributed by atoms with van der Waals surface area (Å²) in [4.78, 5) is 80.0. The number of unbranched alkanes of at least 4 members (excludes halogenated alkanes) is 3. The maximum atomic E-state index is 13.3. The lowest BCUT2D eigenvalue weighted by Crippen LogP contribution is -2.71. The predicted octanol–water partition coefficient (Wildman–Crippen LogP) is -9.33. The Morgan fingerprint density at radius 1 is 0.407 bits per heavy atom. The largest absolute Gasteiger partial charge is 0.479 e. The third kappa shape index (κ3) is 17.9. The molecule has 19 N–H and O–H groups in total. The van der Waals surface area contributed by atoms with Crippen LogP contribution in [0.4, 0.5) is 0 Å². The monoisotopic (exact) mass is 1320 g/mol. The fourth-order valence-electron chi connectivity index (χ4n) is 10.8. The molecular weight excluding hydrogens is 1240 g/mol. The van der Waals surface area contributed by atoms with Crippen LogP contribution >= 0.6 is 0 Å². The minimum absolute atomic E-state index is 0.0171. The molecule has 0 aromatic heterocycles. The molecule has 6 fully saturated rings. The van der Waals surface area contributed by atoms with Gasteiger partial charge >= 0.3 is 17.9 Å². The van der Waals surface area contributed by atoms with Crippen LogP contribution in [0.3, 0.4) is 0 Å². The Bertz CT molecular complexity index is 2440. The van der Waals surface area contributed by atoms with Crippen molar-refractivity contribution in [1.82, 2.24) is 16.0 Å². The number of aliphatic hydroxyl groups is 13. The normalized spacial score (nSPS) is 41.9. The zero-order chi connectivity index (χ0) is 67.3. The quantitative estimate of drug-likeness (QED) is 0.0137. The van der Waals surface area contributed by atoms with Crippen molar-refractivity contribution >= 4 is 35.6 Å². The molecule has 30 atom stereocenters. The number of azide groups is 1. The molecule has 6 saturated heterocycles. The van der Waals surface area contributed by atoms with Crippen LogP contribution in [0.25, 0.3) is 10.4 Å². The fraction of sp³-hybridized carbons (Fsp3) is 0.882. The maximum absolute atomic E-state index is 13.3. The van der Waals surface area contributed by atoms with Crippen molar-refractivity contribution in [3.8, 4) is 0 Å². The Morgan fingerprint density at radius 3 is 1.09 bits per heavy atom. The van der Waals surface area contributed by atoms with Gasteiger partial charge in [0.25, 0.3) is 0 Å². The van der Waals surface area contributed by atoms with E-state index in [0.29, 0.717) is 25.7 Å². The van der Waals surface area contributed by atoms with E-state index in [1.807, 2.05) is 0 Å². The van der Waals surface area contributed by atoms with E-state index in [0.717, 1.165) is 0 Å². The van der Waals surface area contributed by atoms with Gasteiger partial charge in [0, 0.05) is 37.3 Å². The predicted molar refractivity (Wildman–Crippen MR) is 286 cm³/mol. The SMILES string of the molecule is CCC(=O)N[C@H]1[C@H](O[C@H]2[C@H](O)[C@@H](O)[C@H](O[C@H]3[C@H](O)[C@@H](CO)O[C@@H](O[C@H]4[C@H](O)[C@@H](O)[C@H](O[C@H]5[C@H](O)[C@@H](CO)O[C@@H](OCCCCCCN=[N+]=[N-])[C@@H]5NC(=O)CC)O[C@@H]4C(=O)O)[C@@H]3NC(=O)CC)O[C@@H]2C(=O)O)O[C@H](CO)[C@@H](O)[C@@H]1O[C@@H]1O[C@H](C(=O)O)[C@@H](O)[C@H](O)[C@H]1O.